The minimum Gasteiger partial charge on any atom is -0.391 e. The maximum atomic E-state index is 12.8. The van der Waals surface area contributed by atoms with Crippen molar-refractivity contribution in [2.75, 3.05) is 6.54 Å². The van der Waals surface area contributed by atoms with Crippen LogP contribution in [0.5, 0.6) is 0 Å². The van der Waals surface area contributed by atoms with E-state index in [0.717, 1.165) is 21.7 Å². The van der Waals surface area contributed by atoms with Crippen molar-refractivity contribution < 1.29 is 14.7 Å². The van der Waals surface area contributed by atoms with Gasteiger partial charge in [-0.15, -0.1) is 11.3 Å². The normalized spacial score (nSPS) is 20.3. The van der Waals surface area contributed by atoms with E-state index in [4.69, 9.17) is 5.73 Å². The summed E-state index contributed by atoms with van der Waals surface area (Å²) in [6, 6.07) is 6.52. The molecular formula is C22H30N4O3S. The predicted octanol–water partition coefficient (Wildman–Crippen LogP) is 2.07. The third kappa shape index (κ3) is 4.88. The van der Waals surface area contributed by atoms with Crippen LogP contribution in [-0.2, 0) is 16.1 Å². The first kappa shape index (κ1) is 22.4. The van der Waals surface area contributed by atoms with Gasteiger partial charge in [-0.05, 0) is 23.5 Å². The van der Waals surface area contributed by atoms with E-state index in [-0.39, 0.29) is 24.8 Å². The Bertz CT molecular complexity index is 904. The number of aliphatic hydroxyl groups excluding tert-OH is 1. The molecule has 1 aliphatic rings. The van der Waals surface area contributed by atoms with Crippen LogP contribution >= 0.6 is 11.3 Å². The first-order valence-corrected chi connectivity index (χ1v) is 11.0. The van der Waals surface area contributed by atoms with Crippen molar-refractivity contribution in [2.24, 2.45) is 11.1 Å². The molecule has 3 rings (SSSR count). The average Bonchev–Trinajstić information content (AvgIpc) is 3.30. The molecule has 2 heterocycles. The third-order valence-corrected chi connectivity index (χ3v) is 6.47. The van der Waals surface area contributed by atoms with Gasteiger partial charge in [0.25, 0.3) is 0 Å². The van der Waals surface area contributed by atoms with Gasteiger partial charge in [-0.3, -0.25) is 9.59 Å². The van der Waals surface area contributed by atoms with Crippen LogP contribution in [0.2, 0.25) is 0 Å². The molecule has 1 aliphatic heterocycles. The number of nitrogens with two attached hydrogens (primary N) is 1. The molecule has 2 aromatic rings. The number of β-amino-alcohol motifs (C(OH)–C–C–N with tert-alkyl or cyclic N) is 1. The van der Waals surface area contributed by atoms with E-state index in [1.54, 1.807) is 11.3 Å². The molecule has 30 heavy (non-hydrogen) atoms. The van der Waals surface area contributed by atoms with E-state index in [1.807, 2.05) is 57.5 Å². The lowest BCUT2D eigenvalue weighted by Gasteiger charge is -2.32. The number of carbonyl (C=O) groups is 2. The molecule has 0 bridgehead atoms. The highest BCUT2D eigenvalue weighted by molar-refractivity contribution is 7.13. The van der Waals surface area contributed by atoms with Crippen LogP contribution in [0.1, 0.15) is 38.4 Å². The zero-order chi connectivity index (χ0) is 22.1. The summed E-state index contributed by atoms with van der Waals surface area (Å²) in [7, 11) is 0. The molecule has 1 unspecified atom stereocenters. The summed E-state index contributed by atoms with van der Waals surface area (Å²) in [6.45, 7) is 8.11. The number of rotatable bonds is 5. The van der Waals surface area contributed by atoms with Gasteiger partial charge in [0, 0.05) is 19.5 Å². The quantitative estimate of drug-likeness (QED) is 0.673. The lowest BCUT2D eigenvalue weighted by Crippen LogP contribution is -2.54. The van der Waals surface area contributed by atoms with Gasteiger partial charge >= 0.3 is 0 Å². The van der Waals surface area contributed by atoms with Crippen LogP contribution in [-0.4, -0.2) is 51.5 Å². The molecule has 0 spiro atoms. The predicted molar refractivity (Wildman–Crippen MR) is 118 cm³/mol. The highest BCUT2D eigenvalue weighted by Gasteiger charge is 2.42. The van der Waals surface area contributed by atoms with E-state index in [1.165, 1.54) is 4.90 Å². The number of likely N-dealkylation sites (tertiary alicyclic amines) is 1. The van der Waals surface area contributed by atoms with Crippen molar-refractivity contribution in [1.82, 2.24) is 15.2 Å². The maximum absolute atomic E-state index is 12.8. The van der Waals surface area contributed by atoms with Crippen LogP contribution < -0.4 is 11.1 Å². The monoisotopic (exact) mass is 430 g/mol. The van der Waals surface area contributed by atoms with Crippen molar-refractivity contribution in [2.45, 2.75) is 58.8 Å². The lowest BCUT2D eigenvalue weighted by atomic mass is 9.86. The van der Waals surface area contributed by atoms with E-state index in [0.29, 0.717) is 6.54 Å². The van der Waals surface area contributed by atoms with Gasteiger partial charge in [-0.2, -0.15) is 0 Å². The van der Waals surface area contributed by atoms with Gasteiger partial charge in [0.2, 0.25) is 11.8 Å². The molecule has 1 saturated heterocycles. The smallest absolute Gasteiger partial charge is 0.243 e. The number of aliphatic hydroxyl groups is 1. The number of hydrogen-bond donors (Lipinski definition) is 3. The van der Waals surface area contributed by atoms with Gasteiger partial charge in [-0.25, -0.2) is 4.98 Å². The summed E-state index contributed by atoms with van der Waals surface area (Å²) in [6.07, 6.45) is -0.503. The minimum atomic E-state index is -0.735. The summed E-state index contributed by atoms with van der Waals surface area (Å²) in [5, 5.41) is 13.0. The Morgan fingerprint density at radius 2 is 2.00 bits per heavy atom. The second kappa shape index (κ2) is 8.83. The summed E-state index contributed by atoms with van der Waals surface area (Å²) >= 11 is 1.60. The molecule has 0 radical (unpaired) electrons. The van der Waals surface area contributed by atoms with E-state index in [9.17, 15) is 14.7 Å². The van der Waals surface area contributed by atoms with E-state index in [2.05, 4.69) is 10.3 Å². The molecule has 3 atom stereocenters. The van der Waals surface area contributed by atoms with Crippen molar-refractivity contribution in [3.8, 4) is 10.4 Å². The zero-order valence-electron chi connectivity index (χ0n) is 17.9. The highest BCUT2D eigenvalue weighted by Crippen LogP contribution is 2.27. The number of aromatic nitrogens is 1. The second-order valence-electron chi connectivity index (χ2n) is 8.92. The SMILES string of the molecule is Cc1ncsc1-c1ccc(CNC(=O)[C@@H]2C[C@H](O)CN2C(=O)C(N)C(C)(C)C)cc1. The molecule has 0 aliphatic carbocycles. The van der Waals surface area contributed by atoms with Gasteiger partial charge in [-0.1, -0.05) is 45.0 Å². The Balaban J connectivity index is 1.63. The van der Waals surface area contributed by atoms with Gasteiger partial charge < -0.3 is 21.1 Å². The van der Waals surface area contributed by atoms with Gasteiger partial charge in [0.15, 0.2) is 0 Å². The fraction of sp³-hybridized carbons (Fsp3) is 0.500. The van der Waals surface area contributed by atoms with Gasteiger partial charge in [0.1, 0.15) is 6.04 Å². The molecule has 0 saturated carbocycles. The number of carbonyl (C=O) groups excluding carboxylic acids is 2. The third-order valence-electron chi connectivity index (χ3n) is 5.49. The fourth-order valence-corrected chi connectivity index (χ4v) is 4.33. The van der Waals surface area contributed by atoms with E-state index < -0.39 is 23.6 Å². The molecule has 1 aromatic heterocycles. The van der Waals surface area contributed by atoms with Crippen LogP contribution in [0.15, 0.2) is 29.8 Å². The molecule has 2 amide bonds. The zero-order valence-corrected chi connectivity index (χ0v) is 18.7. The molecule has 162 valence electrons. The first-order valence-electron chi connectivity index (χ1n) is 10.1. The number of benzene rings is 1. The number of amides is 2. The lowest BCUT2D eigenvalue weighted by molar-refractivity contribution is -0.141. The number of nitrogens with zero attached hydrogens (tertiary/aromatic N) is 2. The molecular weight excluding hydrogens is 400 g/mol. The van der Waals surface area contributed by atoms with Gasteiger partial charge in [0.05, 0.1) is 28.2 Å². The van der Waals surface area contributed by atoms with Crippen molar-refractivity contribution >= 4 is 23.2 Å². The number of hydrogen-bond acceptors (Lipinski definition) is 6. The fourth-order valence-electron chi connectivity index (χ4n) is 3.51. The average molecular weight is 431 g/mol. The molecule has 1 fully saturated rings. The largest absolute Gasteiger partial charge is 0.391 e. The Kier molecular flexibility index (Phi) is 6.59. The van der Waals surface area contributed by atoms with Crippen LogP contribution in [0.25, 0.3) is 10.4 Å². The first-order chi connectivity index (χ1) is 14.1. The van der Waals surface area contributed by atoms with Crippen LogP contribution in [0, 0.1) is 12.3 Å². The Morgan fingerprint density at radius 3 is 2.57 bits per heavy atom. The van der Waals surface area contributed by atoms with Crippen LogP contribution in [0.3, 0.4) is 0 Å². The molecule has 8 heteroatoms. The highest BCUT2D eigenvalue weighted by atomic mass is 32.1. The van der Waals surface area contributed by atoms with Crippen LogP contribution in [0.4, 0.5) is 0 Å². The maximum Gasteiger partial charge on any atom is 0.243 e. The summed E-state index contributed by atoms with van der Waals surface area (Å²) < 4.78 is 0. The number of aryl methyl sites for hydroxylation is 1. The number of nitrogens with one attached hydrogen (secondary N) is 1. The summed E-state index contributed by atoms with van der Waals surface area (Å²) in [4.78, 5) is 32.4. The van der Waals surface area contributed by atoms with E-state index >= 15 is 0 Å². The minimum absolute atomic E-state index is 0.129. The van der Waals surface area contributed by atoms with Crippen molar-refractivity contribution in [3.63, 3.8) is 0 Å². The molecule has 4 N–H and O–H groups in total. The van der Waals surface area contributed by atoms with Crippen molar-refractivity contribution in [1.29, 1.82) is 0 Å². The molecule has 7 nitrogen and oxygen atoms in total. The summed E-state index contributed by atoms with van der Waals surface area (Å²) in [5.41, 5.74) is 10.6. The Labute approximate surface area is 181 Å². The topological polar surface area (TPSA) is 109 Å². The standard InChI is InChI=1S/C22H30N4O3S/c1-13-18(30-12-25-13)15-7-5-14(6-8-15)10-24-20(28)17-9-16(27)11-26(17)21(29)19(23)22(2,3)4/h5-8,12,16-17,19,27H,9-11,23H2,1-4H3,(H,24,28)/t16-,17-,19?/m0/s1. The molecule has 1 aromatic carbocycles. The van der Waals surface area contributed by atoms with Crippen molar-refractivity contribution in [3.05, 3.63) is 41.0 Å². The number of thiazole rings is 1. The second-order valence-corrected chi connectivity index (χ2v) is 9.78. The Morgan fingerprint density at radius 1 is 1.33 bits per heavy atom. The summed E-state index contributed by atoms with van der Waals surface area (Å²) in [5.74, 6) is -0.577. The Hall–Kier alpha value is -2.29.